The monoisotopic (exact) mass is 341 g/mol. The predicted molar refractivity (Wildman–Crippen MR) is 100 cm³/mol. The van der Waals surface area contributed by atoms with Gasteiger partial charge >= 0.3 is 0 Å². The molecule has 2 aromatic carbocycles. The minimum Gasteiger partial charge on any atom is -0.497 e. The lowest BCUT2D eigenvalue weighted by Crippen LogP contribution is -2.28. The van der Waals surface area contributed by atoms with Gasteiger partial charge in [0.2, 0.25) is 5.91 Å². The summed E-state index contributed by atoms with van der Waals surface area (Å²) in [5.74, 6) is 1.54. The molecule has 0 aromatic heterocycles. The number of nitrogens with one attached hydrogen (secondary N) is 1. The number of carbonyl (C=O) groups is 1. The molecule has 0 heterocycles. The Balaban J connectivity index is 1.97. The number of amides is 1. The summed E-state index contributed by atoms with van der Waals surface area (Å²) in [6.07, 6.45) is 3.03. The van der Waals surface area contributed by atoms with Crippen LogP contribution in [-0.2, 0) is 11.2 Å². The molecule has 0 aliphatic heterocycles. The van der Waals surface area contributed by atoms with Crippen molar-refractivity contribution in [2.24, 2.45) is 0 Å². The Morgan fingerprint density at radius 3 is 2.24 bits per heavy atom. The molecule has 1 N–H and O–H groups in total. The number of methoxy groups -OCH3 is 2. The van der Waals surface area contributed by atoms with E-state index in [0.29, 0.717) is 12.8 Å². The smallest absolute Gasteiger partial charge is 0.220 e. The van der Waals surface area contributed by atoms with Crippen molar-refractivity contribution in [2.45, 2.75) is 38.6 Å². The van der Waals surface area contributed by atoms with E-state index in [1.54, 1.807) is 14.2 Å². The van der Waals surface area contributed by atoms with E-state index >= 15 is 0 Å². The van der Waals surface area contributed by atoms with Gasteiger partial charge in [-0.1, -0.05) is 43.7 Å². The highest BCUT2D eigenvalue weighted by Crippen LogP contribution is 2.23. The molecule has 1 amide bonds. The number of aryl methyl sites for hydroxylation is 1. The van der Waals surface area contributed by atoms with Gasteiger partial charge in [-0.25, -0.2) is 0 Å². The molecule has 0 aliphatic rings. The maximum Gasteiger partial charge on any atom is 0.220 e. The van der Waals surface area contributed by atoms with Crippen LogP contribution in [0, 0.1) is 0 Å². The highest BCUT2D eigenvalue weighted by Gasteiger charge is 2.14. The third kappa shape index (κ3) is 5.82. The van der Waals surface area contributed by atoms with Gasteiger partial charge in [0.15, 0.2) is 0 Å². The molecule has 134 valence electrons. The SMILES string of the molecule is CCCC(NC(=O)CCc1cc(OC)cc(OC)c1)c1ccccc1. The standard InChI is InChI=1S/C21H27NO3/c1-4-8-20(17-9-6-5-7-10-17)22-21(23)12-11-16-13-18(24-2)15-19(14-16)25-3/h5-7,9-10,13-15,20H,4,8,11-12H2,1-3H3,(H,22,23). The largest absolute Gasteiger partial charge is 0.497 e. The molecule has 4 heteroatoms. The van der Waals surface area contributed by atoms with Gasteiger partial charge in [-0.15, -0.1) is 0 Å². The molecule has 0 radical (unpaired) electrons. The zero-order chi connectivity index (χ0) is 18.1. The van der Waals surface area contributed by atoms with Gasteiger partial charge in [-0.05, 0) is 36.1 Å². The molecule has 1 unspecified atom stereocenters. The van der Waals surface area contributed by atoms with E-state index in [0.717, 1.165) is 35.5 Å². The van der Waals surface area contributed by atoms with Crippen molar-refractivity contribution in [3.8, 4) is 11.5 Å². The molecule has 2 aromatic rings. The molecule has 1 atom stereocenters. The molecular weight excluding hydrogens is 314 g/mol. The number of ether oxygens (including phenoxy) is 2. The fourth-order valence-electron chi connectivity index (χ4n) is 2.83. The van der Waals surface area contributed by atoms with E-state index in [9.17, 15) is 4.79 Å². The van der Waals surface area contributed by atoms with Crippen LogP contribution in [0.25, 0.3) is 0 Å². The molecular formula is C21H27NO3. The zero-order valence-electron chi connectivity index (χ0n) is 15.2. The lowest BCUT2D eigenvalue weighted by Gasteiger charge is -2.18. The lowest BCUT2D eigenvalue weighted by molar-refractivity contribution is -0.121. The van der Waals surface area contributed by atoms with E-state index in [1.807, 2.05) is 36.4 Å². The summed E-state index contributed by atoms with van der Waals surface area (Å²) >= 11 is 0. The fraction of sp³-hybridized carbons (Fsp3) is 0.381. The Bertz CT molecular complexity index is 648. The zero-order valence-corrected chi connectivity index (χ0v) is 15.2. The Hall–Kier alpha value is -2.49. The maximum absolute atomic E-state index is 12.4. The topological polar surface area (TPSA) is 47.6 Å². The van der Waals surface area contributed by atoms with E-state index in [-0.39, 0.29) is 11.9 Å². The summed E-state index contributed by atoms with van der Waals surface area (Å²) in [5, 5.41) is 3.16. The van der Waals surface area contributed by atoms with Crippen LogP contribution in [0.15, 0.2) is 48.5 Å². The van der Waals surface area contributed by atoms with Crippen LogP contribution in [0.4, 0.5) is 0 Å². The molecule has 0 saturated heterocycles. The summed E-state index contributed by atoms with van der Waals surface area (Å²) in [7, 11) is 3.25. The first kappa shape index (κ1) is 18.8. The van der Waals surface area contributed by atoms with Crippen LogP contribution in [0.5, 0.6) is 11.5 Å². The predicted octanol–water partition coefficient (Wildman–Crippen LogP) is 4.29. The van der Waals surface area contributed by atoms with Crippen molar-refractivity contribution < 1.29 is 14.3 Å². The average Bonchev–Trinajstić information content (AvgIpc) is 2.66. The minimum atomic E-state index is 0.0593. The highest BCUT2D eigenvalue weighted by atomic mass is 16.5. The van der Waals surface area contributed by atoms with Gasteiger partial charge in [-0.2, -0.15) is 0 Å². The third-order valence-electron chi connectivity index (χ3n) is 4.17. The first-order valence-electron chi connectivity index (χ1n) is 8.72. The second kappa shape index (κ2) is 9.72. The van der Waals surface area contributed by atoms with E-state index in [4.69, 9.17) is 9.47 Å². The Morgan fingerprint density at radius 2 is 1.68 bits per heavy atom. The van der Waals surface area contributed by atoms with Crippen LogP contribution in [0.1, 0.15) is 43.4 Å². The minimum absolute atomic E-state index is 0.0593. The Kier molecular flexibility index (Phi) is 7.33. The summed E-state index contributed by atoms with van der Waals surface area (Å²) in [4.78, 5) is 12.4. The van der Waals surface area contributed by atoms with Gasteiger partial charge in [0.25, 0.3) is 0 Å². The van der Waals surface area contributed by atoms with Crippen LogP contribution >= 0.6 is 0 Å². The third-order valence-corrected chi connectivity index (χ3v) is 4.17. The Labute approximate surface area is 150 Å². The van der Waals surface area contributed by atoms with Crippen molar-refractivity contribution in [1.29, 1.82) is 0 Å². The quantitative estimate of drug-likeness (QED) is 0.740. The number of hydrogen-bond acceptors (Lipinski definition) is 3. The first-order valence-corrected chi connectivity index (χ1v) is 8.72. The van der Waals surface area contributed by atoms with Gasteiger partial charge in [0.1, 0.15) is 11.5 Å². The second-order valence-corrected chi connectivity index (χ2v) is 6.04. The van der Waals surface area contributed by atoms with Crippen LogP contribution in [0.3, 0.4) is 0 Å². The van der Waals surface area contributed by atoms with Crippen molar-refractivity contribution >= 4 is 5.91 Å². The molecule has 0 spiro atoms. The molecule has 25 heavy (non-hydrogen) atoms. The van der Waals surface area contributed by atoms with Gasteiger partial charge in [0.05, 0.1) is 20.3 Å². The summed E-state index contributed by atoms with van der Waals surface area (Å²) < 4.78 is 10.6. The number of benzene rings is 2. The second-order valence-electron chi connectivity index (χ2n) is 6.04. The molecule has 4 nitrogen and oxygen atoms in total. The van der Waals surface area contributed by atoms with Crippen molar-refractivity contribution in [3.63, 3.8) is 0 Å². The number of rotatable bonds is 9. The van der Waals surface area contributed by atoms with E-state index < -0.39 is 0 Å². The van der Waals surface area contributed by atoms with Crippen LogP contribution in [-0.4, -0.2) is 20.1 Å². The number of hydrogen-bond donors (Lipinski definition) is 1. The van der Waals surface area contributed by atoms with Crippen molar-refractivity contribution in [1.82, 2.24) is 5.32 Å². The average molecular weight is 341 g/mol. The molecule has 0 saturated carbocycles. The Morgan fingerprint density at radius 1 is 1.04 bits per heavy atom. The fourth-order valence-corrected chi connectivity index (χ4v) is 2.83. The van der Waals surface area contributed by atoms with E-state index in [1.165, 1.54) is 0 Å². The maximum atomic E-state index is 12.4. The van der Waals surface area contributed by atoms with Crippen LogP contribution < -0.4 is 14.8 Å². The van der Waals surface area contributed by atoms with Gasteiger partial charge < -0.3 is 14.8 Å². The molecule has 0 aliphatic carbocycles. The molecule has 0 fully saturated rings. The highest BCUT2D eigenvalue weighted by molar-refractivity contribution is 5.76. The first-order chi connectivity index (χ1) is 12.2. The normalized spacial score (nSPS) is 11.6. The van der Waals surface area contributed by atoms with Crippen LogP contribution in [0.2, 0.25) is 0 Å². The summed E-state index contributed by atoms with van der Waals surface area (Å²) in [5.41, 5.74) is 2.18. The molecule has 0 bridgehead atoms. The van der Waals surface area contributed by atoms with Gasteiger partial charge in [-0.3, -0.25) is 4.79 Å². The summed E-state index contributed by atoms with van der Waals surface area (Å²) in [6, 6.07) is 15.9. The molecule has 2 rings (SSSR count). The van der Waals surface area contributed by atoms with Crippen molar-refractivity contribution in [2.75, 3.05) is 14.2 Å². The van der Waals surface area contributed by atoms with E-state index in [2.05, 4.69) is 24.4 Å². The number of carbonyl (C=O) groups excluding carboxylic acids is 1. The summed E-state index contributed by atoms with van der Waals surface area (Å²) in [6.45, 7) is 2.13. The van der Waals surface area contributed by atoms with Gasteiger partial charge in [0, 0.05) is 12.5 Å². The van der Waals surface area contributed by atoms with Crippen molar-refractivity contribution in [3.05, 3.63) is 59.7 Å². The lowest BCUT2D eigenvalue weighted by atomic mass is 10.0.